The van der Waals surface area contributed by atoms with Gasteiger partial charge in [0.1, 0.15) is 0 Å². The molecule has 8 heteroatoms. The highest BCUT2D eigenvalue weighted by Crippen LogP contribution is 2.31. The van der Waals surface area contributed by atoms with Gasteiger partial charge in [-0.3, -0.25) is 4.72 Å². The predicted octanol–water partition coefficient (Wildman–Crippen LogP) is 4.71. The molecule has 0 saturated carbocycles. The van der Waals surface area contributed by atoms with Crippen LogP contribution in [-0.2, 0) is 10.0 Å². The van der Waals surface area contributed by atoms with Gasteiger partial charge in [-0.05, 0) is 29.7 Å². The van der Waals surface area contributed by atoms with Crippen molar-refractivity contribution in [2.75, 3.05) is 4.72 Å². The molecule has 0 saturated heterocycles. The van der Waals surface area contributed by atoms with Crippen molar-refractivity contribution in [3.63, 3.8) is 0 Å². The topological polar surface area (TPSA) is 46.2 Å². The van der Waals surface area contributed by atoms with Gasteiger partial charge in [-0.15, -0.1) is 0 Å². The first kappa shape index (κ1) is 16.6. The van der Waals surface area contributed by atoms with Crippen molar-refractivity contribution in [1.29, 1.82) is 0 Å². The molecule has 3 aromatic rings. The van der Waals surface area contributed by atoms with Crippen LogP contribution in [0.5, 0.6) is 0 Å². The molecule has 124 valence electrons. The second-order valence-electron chi connectivity index (χ2n) is 4.92. The van der Waals surface area contributed by atoms with Gasteiger partial charge in [0.25, 0.3) is 10.0 Å². The number of benzene rings is 3. The number of hydrogen-bond donors (Lipinski definition) is 1. The van der Waals surface area contributed by atoms with Crippen LogP contribution in [-0.4, -0.2) is 8.42 Å². The smallest absolute Gasteiger partial charge is 0.262 e. The molecule has 0 radical (unpaired) electrons. The minimum Gasteiger partial charge on any atom is -0.277 e. The molecule has 24 heavy (non-hydrogen) atoms. The average Bonchev–Trinajstić information content (AvgIpc) is 2.55. The SMILES string of the molecule is O=S(=O)(Nc1ccc(F)c(F)c1F)c1cccc2cccc(Cl)c12. The highest BCUT2D eigenvalue weighted by molar-refractivity contribution is 7.93. The van der Waals surface area contributed by atoms with Crippen LogP contribution in [0.2, 0.25) is 5.02 Å². The van der Waals surface area contributed by atoms with Crippen molar-refractivity contribution in [3.8, 4) is 0 Å². The van der Waals surface area contributed by atoms with Gasteiger partial charge in [-0.2, -0.15) is 0 Å². The van der Waals surface area contributed by atoms with Crippen molar-refractivity contribution in [2.45, 2.75) is 4.90 Å². The monoisotopic (exact) mass is 371 g/mol. The van der Waals surface area contributed by atoms with Gasteiger partial charge < -0.3 is 0 Å². The van der Waals surface area contributed by atoms with Crippen LogP contribution in [0, 0.1) is 17.5 Å². The lowest BCUT2D eigenvalue weighted by Crippen LogP contribution is -2.15. The highest BCUT2D eigenvalue weighted by Gasteiger charge is 2.22. The van der Waals surface area contributed by atoms with Gasteiger partial charge in [0, 0.05) is 10.4 Å². The fourth-order valence-electron chi connectivity index (χ4n) is 2.29. The van der Waals surface area contributed by atoms with Crippen molar-refractivity contribution < 1.29 is 21.6 Å². The third-order valence-electron chi connectivity index (χ3n) is 3.38. The fourth-order valence-corrected chi connectivity index (χ4v) is 3.94. The van der Waals surface area contributed by atoms with Gasteiger partial charge in [0.05, 0.1) is 10.6 Å². The number of hydrogen-bond acceptors (Lipinski definition) is 2. The Hall–Kier alpha value is -2.25. The molecule has 3 aromatic carbocycles. The maximum absolute atomic E-state index is 13.7. The number of rotatable bonds is 3. The molecule has 0 atom stereocenters. The van der Waals surface area contributed by atoms with E-state index < -0.39 is 33.2 Å². The maximum atomic E-state index is 13.7. The van der Waals surface area contributed by atoms with E-state index in [2.05, 4.69) is 0 Å². The molecular weight excluding hydrogens is 363 g/mol. The Morgan fingerprint density at radius 2 is 1.54 bits per heavy atom. The van der Waals surface area contributed by atoms with Gasteiger partial charge in [-0.1, -0.05) is 35.9 Å². The van der Waals surface area contributed by atoms with Gasteiger partial charge in [0.15, 0.2) is 17.5 Å². The summed E-state index contributed by atoms with van der Waals surface area (Å²) in [6, 6.07) is 10.7. The molecule has 0 amide bonds. The quantitative estimate of drug-likeness (QED) is 0.678. The number of fused-ring (bicyclic) bond motifs is 1. The minimum atomic E-state index is -4.28. The number of anilines is 1. The first-order chi connectivity index (χ1) is 11.3. The largest absolute Gasteiger partial charge is 0.277 e. The molecular formula is C16H9ClF3NO2S. The zero-order chi connectivity index (χ0) is 17.5. The lowest BCUT2D eigenvalue weighted by molar-refractivity contribution is 0.449. The van der Waals surface area contributed by atoms with E-state index in [0.717, 1.165) is 6.07 Å². The standard InChI is InChI=1S/C16H9ClF3NO2S/c17-10-5-1-3-9-4-2-6-13(14(9)10)24(22,23)21-12-8-7-11(18)15(19)16(12)20/h1-8,21H. The second kappa shape index (κ2) is 5.99. The van der Waals surface area contributed by atoms with Gasteiger partial charge in [0.2, 0.25) is 0 Å². The number of sulfonamides is 1. The summed E-state index contributed by atoms with van der Waals surface area (Å²) in [5.74, 6) is -4.79. The molecule has 0 bridgehead atoms. The average molecular weight is 372 g/mol. The Labute approximate surface area is 140 Å². The molecule has 0 aliphatic heterocycles. The van der Waals surface area contributed by atoms with E-state index in [1.807, 2.05) is 4.72 Å². The van der Waals surface area contributed by atoms with Crippen LogP contribution >= 0.6 is 11.6 Å². The molecule has 0 aliphatic carbocycles. The lowest BCUT2D eigenvalue weighted by atomic mass is 10.1. The molecule has 0 aliphatic rings. The number of nitrogens with one attached hydrogen (secondary N) is 1. The molecule has 3 nitrogen and oxygen atoms in total. The first-order valence-corrected chi connectivity index (χ1v) is 8.51. The summed E-state index contributed by atoms with van der Waals surface area (Å²) in [5, 5.41) is 1.01. The van der Waals surface area contributed by atoms with Crippen LogP contribution in [0.1, 0.15) is 0 Å². The van der Waals surface area contributed by atoms with Crippen LogP contribution < -0.4 is 4.72 Å². The van der Waals surface area contributed by atoms with E-state index in [-0.39, 0.29) is 15.3 Å². The normalized spacial score (nSPS) is 11.7. The van der Waals surface area contributed by atoms with Crippen molar-refractivity contribution >= 4 is 38.1 Å². The zero-order valence-electron chi connectivity index (χ0n) is 11.9. The zero-order valence-corrected chi connectivity index (χ0v) is 13.4. The number of halogens is 4. The summed E-state index contributed by atoms with van der Waals surface area (Å²) in [4.78, 5) is -0.199. The van der Waals surface area contributed by atoms with Crippen molar-refractivity contribution in [3.05, 3.63) is 71.0 Å². The fraction of sp³-hybridized carbons (Fsp3) is 0. The van der Waals surface area contributed by atoms with E-state index >= 15 is 0 Å². The van der Waals surface area contributed by atoms with Crippen molar-refractivity contribution in [2.24, 2.45) is 0 Å². The first-order valence-electron chi connectivity index (χ1n) is 6.65. The van der Waals surface area contributed by atoms with Gasteiger partial charge in [-0.25, -0.2) is 21.6 Å². The van der Waals surface area contributed by atoms with Crippen LogP contribution in [0.3, 0.4) is 0 Å². The summed E-state index contributed by atoms with van der Waals surface area (Å²) >= 11 is 6.07. The lowest BCUT2D eigenvalue weighted by Gasteiger charge is -2.12. The molecule has 0 spiro atoms. The van der Waals surface area contributed by atoms with Crippen LogP contribution in [0.15, 0.2) is 53.4 Å². The van der Waals surface area contributed by atoms with Crippen LogP contribution in [0.4, 0.5) is 18.9 Å². The van der Waals surface area contributed by atoms with E-state index in [9.17, 15) is 21.6 Å². The van der Waals surface area contributed by atoms with E-state index in [4.69, 9.17) is 11.6 Å². The van der Waals surface area contributed by atoms with Crippen molar-refractivity contribution in [1.82, 2.24) is 0 Å². The molecule has 0 unspecified atom stereocenters. The molecule has 0 fully saturated rings. The van der Waals surface area contributed by atoms with Gasteiger partial charge >= 0.3 is 0 Å². The highest BCUT2D eigenvalue weighted by atomic mass is 35.5. The van der Waals surface area contributed by atoms with Crippen LogP contribution in [0.25, 0.3) is 10.8 Å². The third kappa shape index (κ3) is 2.81. The Kier molecular flexibility index (Phi) is 4.15. The Morgan fingerprint density at radius 1 is 0.875 bits per heavy atom. The summed E-state index contributed by atoms with van der Waals surface area (Å²) in [7, 11) is -4.28. The van der Waals surface area contributed by atoms with E-state index in [1.165, 1.54) is 18.2 Å². The maximum Gasteiger partial charge on any atom is 0.262 e. The molecule has 1 N–H and O–H groups in total. The minimum absolute atomic E-state index is 0.194. The third-order valence-corrected chi connectivity index (χ3v) is 5.11. The van der Waals surface area contributed by atoms with E-state index in [1.54, 1.807) is 18.2 Å². The Bertz CT molecular complexity index is 1050. The Balaban J connectivity index is 2.15. The molecule has 0 heterocycles. The molecule has 0 aromatic heterocycles. The Morgan fingerprint density at radius 3 is 2.25 bits per heavy atom. The predicted molar refractivity (Wildman–Crippen MR) is 86.1 cm³/mol. The molecule has 3 rings (SSSR count). The summed E-state index contributed by atoms with van der Waals surface area (Å²) in [6.45, 7) is 0. The summed E-state index contributed by atoms with van der Waals surface area (Å²) < 4.78 is 67.0. The summed E-state index contributed by atoms with van der Waals surface area (Å²) in [6.07, 6.45) is 0. The van der Waals surface area contributed by atoms with E-state index in [0.29, 0.717) is 11.5 Å². The second-order valence-corrected chi connectivity index (χ2v) is 6.98. The summed E-state index contributed by atoms with van der Waals surface area (Å²) in [5.41, 5.74) is -0.696.